The zero-order valence-corrected chi connectivity index (χ0v) is 18.3. The molecule has 1 saturated heterocycles. The van der Waals surface area contributed by atoms with Crippen molar-refractivity contribution in [2.24, 2.45) is 0 Å². The molecule has 1 atom stereocenters. The van der Waals surface area contributed by atoms with Crippen molar-refractivity contribution in [1.29, 1.82) is 0 Å². The molecular formula is C26H27FN2O3. The number of rotatable bonds is 3. The first-order valence-electron chi connectivity index (χ1n) is 11.1. The Balaban J connectivity index is 1.44. The number of β-amino-alcohol motifs (C(OH)–C–C–N with tert-alkyl or cyclic N) is 1. The van der Waals surface area contributed by atoms with Gasteiger partial charge in [-0.2, -0.15) is 0 Å². The van der Waals surface area contributed by atoms with Crippen molar-refractivity contribution in [3.05, 3.63) is 76.8 Å². The first-order valence-corrected chi connectivity index (χ1v) is 11.1. The SMILES string of the molecule is CC1(C)O/C(=C2/C(=O)Nc3ccc(F)cc32)C=C1c1ccc(CN2CCCC(O)C2)cc1. The third-order valence-electron chi connectivity index (χ3n) is 6.41. The zero-order chi connectivity index (χ0) is 22.5. The molecule has 3 aliphatic heterocycles. The summed E-state index contributed by atoms with van der Waals surface area (Å²) in [5, 5.41) is 12.7. The van der Waals surface area contributed by atoms with Crippen molar-refractivity contribution < 1.29 is 19.0 Å². The number of allylic oxidation sites excluding steroid dienone is 1. The van der Waals surface area contributed by atoms with Crippen LogP contribution in [0, 0.1) is 5.82 Å². The van der Waals surface area contributed by atoms with Crippen LogP contribution in [0.4, 0.5) is 10.1 Å². The first kappa shape index (κ1) is 20.9. The molecule has 5 nitrogen and oxygen atoms in total. The standard InChI is InChI=1S/C26H27FN2O3/c1-26(2)21(17-7-5-16(6-8-17)14-29-11-3-4-19(30)15-29)13-23(32-26)24-20-12-18(27)9-10-22(20)28-25(24)31/h5-10,12-13,19,30H,3-4,11,14-15H2,1-2H3,(H,28,31)/b24-23+. The predicted octanol–water partition coefficient (Wildman–Crippen LogP) is 4.34. The molecule has 3 heterocycles. The largest absolute Gasteiger partial charge is 0.482 e. The molecule has 166 valence electrons. The van der Waals surface area contributed by atoms with Crippen LogP contribution in [0.1, 0.15) is 43.4 Å². The average Bonchev–Trinajstić information content (AvgIpc) is 3.23. The highest BCUT2D eigenvalue weighted by Crippen LogP contribution is 2.44. The Kier molecular flexibility index (Phi) is 5.14. The predicted molar refractivity (Wildman–Crippen MR) is 122 cm³/mol. The van der Waals surface area contributed by atoms with Gasteiger partial charge in [-0.15, -0.1) is 0 Å². The summed E-state index contributed by atoms with van der Waals surface area (Å²) in [6.07, 6.45) is 3.56. The summed E-state index contributed by atoms with van der Waals surface area (Å²) in [6.45, 7) is 6.47. The highest BCUT2D eigenvalue weighted by Gasteiger charge is 2.38. The van der Waals surface area contributed by atoms with E-state index in [2.05, 4.69) is 34.5 Å². The number of hydrogen-bond donors (Lipinski definition) is 2. The van der Waals surface area contributed by atoms with E-state index in [4.69, 9.17) is 4.74 Å². The number of halogens is 1. The van der Waals surface area contributed by atoms with Crippen LogP contribution in [0.15, 0.2) is 54.3 Å². The van der Waals surface area contributed by atoms with Crippen molar-refractivity contribution in [2.75, 3.05) is 18.4 Å². The quantitative estimate of drug-likeness (QED) is 0.706. The number of nitrogens with one attached hydrogen (secondary N) is 1. The lowest BCUT2D eigenvalue weighted by Crippen LogP contribution is -2.37. The second-order valence-corrected chi connectivity index (χ2v) is 9.28. The summed E-state index contributed by atoms with van der Waals surface area (Å²) < 4.78 is 20.0. The van der Waals surface area contributed by atoms with Gasteiger partial charge in [-0.1, -0.05) is 24.3 Å². The number of anilines is 1. The third kappa shape index (κ3) is 3.85. The van der Waals surface area contributed by atoms with E-state index in [0.717, 1.165) is 43.6 Å². The van der Waals surface area contributed by atoms with Crippen LogP contribution in [0.3, 0.4) is 0 Å². The number of hydrogen-bond acceptors (Lipinski definition) is 4. The van der Waals surface area contributed by atoms with Gasteiger partial charge < -0.3 is 15.2 Å². The smallest absolute Gasteiger partial charge is 0.260 e. The molecule has 2 aromatic carbocycles. The topological polar surface area (TPSA) is 61.8 Å². The van der Waals surface area contributed by atoms with E-state index in [1.165, 1.54) is 17.7 Å². The fourth-order valence-electron chi connectivity index (χ4n) is 4.83. The van der Waals surface area contributed by atoms with Gasteiger partial charge in [-0.25, -0.2) is 4.39 Å². The van der Waals surface area contributed by atoms with Crippen LogP contribution in [-0.4, -0.2) is 40.7 Å². The van der Waals surface area contributed by atoms with Crippen LogP contribution in [0.25, 0.3) is 11.1 Å². The number of likely N-dealkylation sites (tertiary alicyclic amines) is 1. The number of fused-ring (bicyclic) bond motifs is 1. The molecule has 1 unspecified atom stereocenters. The van der Waals surface area contributed by atoms with Crippen molar-refractivity contribution in [2.45, 2.75) is 44.9 Å². The molecule has 2 aromatic rings. The number of nitrogens with zero attached hydrogens (tertiary/aromatic N) is 1. The lowest BCUT2D eigenvalue weighted by Gasteiger charge is -2.30. The molecule has 1 fully saturated rings. The molecule has 0 saturated carbocycles. The molecule has 0 aliphatic carbocycles. The average molecular weight is 435 g/mol. The maximum atomic E-state index is 13.8. The van der Waals surface area contributed by atoms with Crippen molar-refractivity contribution in [3.63, 3.8) is 0 Å². The Morgan fingerprint density at radius 3 is 2.75 bits per heavy atom. The van der Waals surface area contributed by atoms with Crippen LogP contribution < -0.4 is 5.32 Å². The van der Waals surface area contributed by atoms with Gasteiger partial charge in [-0.3, -0.25) is 9.69 Å². The minimum Gasteiger partial charge on any atom is -0.482 e. The van der Waals surface area contributed by atoms with Gasteiger partial charge >= 0.3 is 0 Å². The minimum absolute atomic E-state index is 0.234. The highest BCUT2D eigenvalue weighted by atomic mass is 19.1. The fraction of sp³-hybridized carbons (Fsp3) is 0.346. The van der Waals surface area contributed by atoms with E-state index >= 15 is 0 Å². The van der Waals surface area contributed by atoms with Crippen LogP contribution in [0.2, 0.25) is 0 Å². The van der Waals surface area contributed by atoms with Crippen molar-refractivity contribution in [3.8, 4) is 0 Å². The molecule has 1 amide bonds. The van der Waals surface area contributed by atoms with Gasteiger partial charge in [0, 0.05) is 29.9 Å². The summed E-state index contributed by atoms with van der Waals surface area (Å²) in [5.41, 5.74) is 4.04. The molecule has 5 rings (SSSR count). The number of aliphatic hydroxyl groups excluding tert-OH is 1. The number of amides is 1. The van der Waals surface area contributed by atoms with E-state index in [1.54, 1.807) is 6.07 Å². The van der Waals surface area contributed by atoms with E-state index in [-0.39, 0.29) is 12.0 Å². The summed E-state index contributed by atoms with van der Waals surface area (Å²) in [4.78, 5) is 14.9. The Labute approximate surface area is 187 Å². The maximum Gasteiger partial charge on any atom is 0.260 e. The van der Waals surface area contributed by atoms with Crippen LogP contribution in [0.5, 0.6) is 0 Å². The summed E-state index contributed by atoms with van der Waals surface area (Å²) in [5.74, 6) is -0.220. The molecule has 0 aromatic heterocycles. The number of benzene rings is 2. The van der Waals surface area contributed by atoms with E-state index in [9.17, 15) is 14.3 Å². The van der Waals surface area contributed by atoms with Crippen LogP contribution >= 0.6 is 0 Å². The third-order valence-corrected chi connectivity index (χ3v) is 6.41. The lowest BCUT2D eigenvalue weighted by molar-refractivity contribution is -0.111. The Hall–Kier alpha value is -2.96. The van der Waals surface area contributed by atoms with Crippen molar-refractivity contribution >= 4 is 22.7 Å². The molecule has 3 aliphatic rings. The highest BCUT2D eigenvalue weighted by molar-refractivity contribution is 6.32. The molecule has 32 heavy (non-hydrogen) atoms. The second kappa shape index (κ2) is 7.87. The summed E-state index contributed by atoms with van der Waals surface area (Å²) in [7, 11) is 0. The lowest BCUT2D eigenvalue weighted by atomic mass is 9.91. The van der Waals surface area contributed by atoms with Gasteiger partial charge in [0.25, 0.3) is 5.91 Å². The van der Waals surface area contributed by atoms with Gasteiger partial charge in [0.05, 0.1) is 11.7 Å². The Morgan fingerprint density at radius 1 is 1.22 bits per heavy atom. The Bertz CT molecular complexity index is 1130. The number of aliphatic hydroxyl groups is 1. The number of carbonyl (C=O) groups is 1. The van der Waals surface area contributed by atoms with Gasteiger partial charge in [-0.05, 0) is 68.6 Å². The first-order chi connectivity index (χ1) is 15.3. The zero-order valence-electron chi connectivity index (χ0n) is 18.3. The van der Waals surface area contributed by atoms with Crippen molar-refractivity contribution in [1.82, 2.24) is 4.90 Å². The van der Waals surface area contributed by atoms with E-state index in [1.807, 2.05) is 19.9 Å². The summed E-state index contributed by atoms with van der Waals surface area (Å²) in [6, 6.07) is 12.6. The maximum absolute atomic E-state index is 13.8. The van der Waals surface area contributed by atoms with E-state index < -0.39 is 11.4 Å². The van der Waals surface area contributed by atoms with Crippen LogP contribution in [-0.2, 0) is 16.1 Å². The molecule has 0 spiro atoms. The molecule has 0 radical (unpaired) electrons. The minimum atomic E-state index is -0.628. The monoisotopic (exact) mass is 434 g/mol. The fourth-order valence-corrected chi connectivity index (χ4v) is 4.83. The normalized spacial score (nSPS) is 24.7. The number of carbonyl (C=O) groups excluding carboxylic acids is 1. The Morgan fingerprint density at radius 2 is 2.00 bits per heavy atom. The summed E-state index contributed by atoms with van der Waals surface area (Å²) >= 11 is 0. The second-order valence-electron chi connectivity index (χ2n) is 9.28. The number of ether oxygens (including phenoxy) is 1. The molecule has 2 N–H and O–H groups in total. The number of piperidine rings is 1. The molecular weight excluding hydrogens is 407 g/mol. The van der Waals surface area contributed by atoms with Gasteiger partial charge in [0.1, 0.15) is 17.2 Å². The molecule has 6 heteroatoms. The van der Waals surface area contributed by atoms with E-state index in [0.29, 0.717) is 22.6 Å². The molecule has 0 bridgehead atoms. The van der Waals surface area contributed by atoms with Gasteiger partial charge in [0.15, 0.2) is 0 Å². The van der Waals surface area contributed by atoms with Gasteiger partial charge in [0.2, 0.25) is 0 Å².